The highest BCUT2D eigenvalue weighted by atomic mass is 16.6. The molecular formula is C19H15N5O3. The van der Waals surface area contributed by atoms with Crippen LogP contribution in [0.1, 0.15) is 12.0 Å². The van der Waals surface area contributed by atoms with Crippen LogP contribution in [0, 0.1) is 0 Å². The maximum Gasteiger partial charge on any atom is 0.260 e. The van der Waals surface area contributed by atoms with Gasteiger partial charge in [0.15, 0.2) is 11.5 Å². The molecule has 134 valence electrons. The van der Waals surface area contributed by atoms with Crippen molar-refractivity contribution in [2.45, 2.75) is 6.10 Å². The third-order valence-corrected chi connectivity index (χ3v) is 4.25. The highest BCUT2D eigenvalue weighted by molar-refractivity contribution is 5.67. The molecule has 0 saturated heterocycles. The van der Waals surface area contributed by atoms with E-state index in [0.29, 0.717) is 29.9 Å². The average molecular weight is 361 g/mol. The fourth-order valence-electron chi connectivity index (χ4n) is 2.91. The van der Waals surface area contributed by atoms with Gasteiger partial charge < -0.3 is 13.9 Å². The molecule has 1 atom stereocenters. The Balaban J connectivity index is 1.41. The number of para-hydroxylation sites is 2. The number of pyridine rings is 1. The van der Waals surface area contributed by atoms with Gasteiger partial charge in [-0.05, 0) is 18.2 Å². The van der Waals surface area contributed by atoms with E-state index >= 15 is 0 Å². The molecule has 0 fully saturated rings. The van der Waals surface area contributed by atoms with Crippen LogP contribution in [-0.4, -0.2) is 31.6 Å². The highest BCUT2D eigenvalue weighted by Gasteiger charge is 2.27. The summed E-state index contributed by atoms with van der Waals surface area (Å²) in [7, 11) is 1.87. The summed E-state index contributed by atoms with van der Waals surface area (Å²) in [6.45, 7) is 0.312. The van der Waals surface area contributed by atoms with Gasteiger partial charge in [0.05, 0.1) is 11.8 Å². The second-order valence-corrected chi connectivity index (χ2v) is 6.17. The number of benzene rings is 1. The number of hydrogen-bond acceptors (Lipinski definition) is 7. The molecular weight excluding hydrogens is 346 g/mol. The highest BCUT2D eigenvalue weighted by Crippen LogP contribution is 2.36. The lowest BCUT2D eigenvalue weighted by Crippen LogP contribution is -2.21. The van der Waals surface area contributed by atoms with Gasteiger partial charge in [0.2, 0.25) is 12.0 Å². The Bertz CT molecular complexity index is 1100. The van der Waals surface area contributed by atoms with Crippen LogP contribution in [0.2, 0.25) is 0 Å². The SMILES string of the molecule is Cn1cc(-c2cncc(-c3nnc(C4COc5ccccc5O4)o3)c2)cn1. The van der Waals surface area contributed by atoms with E-state index in [1.54, 1.807) is 23.3 Å². The van der Waals surface area contributed by atoms with Gasteiger partial charge in [0.25, 0.3) is 5.89 Å². The Morgan fingerprint density at radius 3 is 2.70 bits per heavy atom. The first-order chi connectivity index (χ1) is 13.3. The zero-order valence-corrected chi connectivity index (χ0v) is 14.4. The van der Waals surface area contributed by atoms with E-state index < -0.39 is 6.10 Å². The minimum atomic E-state index is -0.449. The molecule has 1 aliphatic heterocycles. The number of hydrogen-bond donors (Lipinski definition) is 0. The molecule has 5 rings (SSSR count). The van der Waals surface area contributed by atoms with Crippen LogP contribution < -0.4 is 9.47 Å². The Morgan fingerprint density at radius 2 is 1.85 bits per heavy atom. The molecule has 3 aromatic heterocycles. The Morgan fingerprint density at radius 1 is 1.00 bits per heavy atom. The minimum Gasteiger partial charge on any atom is -0.485 e. The molecule has 0 bridgehead atoms. The summed E-state index contributed by atoms with van der Waals surface area (Å²) in [5.74, 6) is 2.12. The molecule has 1 aliphatic rings. The molecule has 1 aromatic carbocycles. The maximum atomic E-state index is 5.92. The molecule has 0 amide bonds. The van der Waals surface area contributed by atoms with Crippen molar-refractivity contribution in [1.29, 1.82) is 0 Å². The summed E-state index contributed by atoms with van der Waals surface area (Å²) < 4.78 is 19.2. The molecule has 8 heteroatoms. The number of nitrogens with zero attached hydrogens (tertiary/aromatic N) is 5. The molecule has 1 unspecified atom stereocenters. The number of aromatic nitrogens is 5. The fourth-order valence-corrected chi connectivity index (χ4v) is 2.91. The maximum absolute atomic E-state index is 5.92. The van der Waals surface area contributed by atoms with Crippen molar-refractivity contribution in [3.63, 3.8) is 0 Å². The van der Waals surface area contributed by atoms with Crippen LogP contribution in [-0.2, 0) is 7.05 Å². The van der Waals surface area contributed by atoms with Crippen molar-refractivity contribution in [3.05, 3.63) is 61.0 Å². The predicted octanol–water partition coefficient (Wildman–Crippen LogP) is 3.04. The standard InChI is InChI=1S/C19H15N5O3/c1-24-10-14(9-21-24)12-6-13(8-20-7-12)18-22-23-19(27-18)17-11-25-15-4-2-3-5-16(15)26-17/h2-10,17H,11H2,1H3. The van der Waals surface area contributed by atoms with E-state index in [4.69, 9.17) is 13.9 Å². The first-order valence-electron chi connectivity index (χ1n) is 8.42. The second kappa shape index (κ2) is 6.24. The molecule has 4 aromatic rings. The molecule has 0 spiro atoms. The van der Waals surface area contributed by atoms with Gasteiger partial charge >= 0.3 is 0 Å². The van der Waals surface area contributed by atoms with Crippen molar-refractivity contribution >= 4 is 0 Å². The lowest BCUT2D eigenvalue weighted by molar-refractivity contribution is 0.0716. The fraction of sp³-hybridized carbons (Fsp3) is 0.158. The second-order valence-electron chi connectivity index (χ2n) is 6.17. The van der Waals surface area contributed by atoms with Crippen LogP contribution in [0.3, 0.4) is 0 Å². The lowest BCUT2D eigenvalue weighted by Gasteiger charge is -2.23. The van der Waals surface area contributed by atoms with Gasteiger partial charge in [-0.2, -0.15) is 5.10 Å². The van der Waals surface area contributed by atoms with Gasteiger partial charge in [-0.25, -0.2) is 0 Å². The van der Waals surface area contributed by atoms with Crippen molar-refractivity contribution < 1.29 is 13.9 Å². The van der Waals surface area contributed by atoms with E-state index in [1.165, 1.54) is 0 Å². The normalized spacial score (nSPS) is 15.7. The zero-order valence-electron chi connectivity index (χ0n) is 14.4. The average Bonchev–Trinajstić information content (AvgIpc) is 3.37. The third kappa shape index (κ3) is 2.91. The Hall–Kier alpha value is -3.68. The third-order valence-electron chi connectivity index (χ3n) is 4.25. The van der Waals surface area contributed by atoms with Crippen LogP contribution in [0.25, 0.3) is 22.6 Å². The Kier molecular flexibility index (Phi) is 3.60. The van der Waals surface area contributed by atoms with Crippen LogP contribution in [0.5, 0.6) is 11.5 Å². The smallest absolute Gasteiger partial charge is 0.260 e. The monoisotopic (exact) mass is 361 g/mol. The van der Waals surface area contributed by atoms with E-state index in [0.717, 1.165) is 16.7 Å². The number of aryl methyl sites for hydroxylation is 1. The van der Waals surface area contributed by atoms with Crippen molar-refractivity contribution in [1.82, 2.24) is 25.0 Å². The summed E-state index contributed by atoms with van der Waals surface area (Å²) in [5.41, 5.74) is 2.62. The largest absolute Gasteiger partial charge is 0.485 e. The summed E-state index contributed by atoms with van der Waals surface area (Å²) in [6, 6.07) is 9.43. The van der Waals surface area contributed by atoms with E-state index in [1.807, 2.05) is 43.6 Å². The molecule has 27 heavy (non-hydrogen) atoms. The summed E-state index contributed by atoms with van der Waals surface area (Å²) in [5, 5.41) is 12.5. The number of rotatable bonds is 3. The van der Waals surface area contributed by atoms with E-state index in [2.05, 4.69) is 20.3 Å². The molecule has 0 N–H and O–H groups in total. The molecule has 4 heterocycles. The Labute approximate surface area is 154 Å². The zero-order chi connectivity index (χ0) is 18.2. The number of ether oxygens (including phenoxy) is 2. The molecule has 0 saturated carbocycles. The summed E-state index contributed by atoms with van der Waals surface area (Å²) in [6.07, 6.45) is 6.71. The topological polar surface area (TPSA) is 88.1 Å². The van der Waals surface area contributed by atoms with Gasteiger partial charge in [-0.1, -0.05) is 12.1 Å². The molecule has 8 nitrogen and oxygen atoms in total. The molecule has 0 radical (unpaired) electrons. The van der Waals surface area contributed by atoms with Crippen molar-refractivity contribution in [3.8, 4) is 34.1 Å². The minimum absolute atomic E-state index is 0.312. The quantitative estimate of drug-likeness (QED) is 0.554. The van der Waals surface area contributed by atoms with Crippen LogP contribution >= 0.6 is 0 Å². The predicted molar refractivity (Wildman–Crippen MR) is 95.0 cm³/mol. The first-order valence-corrected chi connectivity index (χ1v) is 8.42. The van der Waals surface area contributed by atoms with Gasteiger partial charge in [-0.3, -0.25) is 9.67 Å². The lowest BCUT2D eigenvalue weighted by atomic mass is 10.1. The van der Waals surface area contributed by atoms with E-state index in [9.17, 15) is 0 Å². The summed E-state index contributed by atoms with van der Waals surface area (Å²) >= 11 is 0. The van der Waals surface area contributed by atoms with Crippen LogP contribution in [0.15, 0.2) is 59.5 Å². The molecule has 0 aliphatic carbocycles. The van der Waals surface area contributed by atoms with Crippen LogP contribution in [0.4, 0.5) is 0 Å². The van der Waals surface area contributed by atoms with Gasteiger partial charge in [0.1, 0.15) is 6.61 Å². The summed E-state index contributed by atoms with van der Waals surface area (Å²) in [4.78, 5) is 4.28. The van der Waals surface area contributed by atoms with E-state index in [-0.39, 0.29) is 0 Å². The van der Waals surface area contributed by atoms with Gasteiger partial charge in [-0.15, -0.1) is 10.2 Å². The van der Waals surface area contributed by atoms with Gasteiger partial charge in [0, 0.05) is 36.8 Å². The van der Waals surface area contributed by atoms with Crippen molar-refractivity contribution in [2.75, 3.05) is 6.61 Å². The number of fused-ring (bicyclic) bond motifs is 1. The van der Waals surface area contributed by atoms with Crippen molar-refractivity contribution in [2.24, 2.45) is 7.05 Å². The first kappa shape index (κ1) is 15.6.